The van der Waals surface area contributed by atoms with Gasteiger partial charge in [-0.25, -0.2) is 4.39 Å². The van der Waals surface area contributed by atoms with Crippen LogP contribution in [0.15, 0.2) is 18.2 Å². The third-order valence-corrected chi connectivity index (χ3v) is 3.44. The van der Waals surface area contributed by atoms with E-state index in [2.05, 4.69) is 18.7 Å². The Kier molecular flexibility index (Phi) is 3.38. The van der Waals surface area contributed by atoms with Crippen LogP contribution in [0, 0.1) is 11.2 Å². The Bertz CT molecular complexity index is 403. The summed E-state index contributed by atoms with van der Waals surface area (Å²) in [5.74, 6) is -0.228. The second-order valence-corrected chi connectivity index (χ2v) is 5.63. The lowest BCUT2D eigenvalue weighted by molar-refractivity contribution is 0.280. The molecule has 0 aromatic heterocycles. The van der Waals surface area contributed by atoms with Gasteiger partial charge in [-0.3, -0.25) is 0 Å². The lowest BCUT2D eigenvalue weighted by Crippen LogP contribution is -2.40. The number of piperidine rings is 1. The summed E-state index contributed by atoms with van der Waals surface area (Å²) in [5, 5.41) is 8.97. The predicted molar refractivity (Wildman–Crippen MR) is 67.6 cm³/mol. The molecule has 1 fully saturated rings. The molecule has 1 aromatic carbocycles. The van der Waals surface area contributed by atoms with E-state index in [1.807, 2.05) is 0 Å². The van der Waals surface area contributed by atoms with Crippen LogP contribution >= 0.6 is 0 Å². The third kappa shape index (κ3) is 2.78. The van der Waals surface area contributed by atoms with E-state index in [0.29, 0.717) is 11.3 Å². The Morgan fingerprint density at radius 1 is 1.41 bits per heavy atom. The Balaban J connectivity index is 2.22. The zero-order valence-electron chi connectivity index (χ0n) is 10.5. The van der Waals surface area contributed by atoms with Gasteiger partial charge in [-0.2, -0.15) is 0 Å². The van der Waals surface area contributed by atoms with E-state index in [0.717, 1.165) is 19.5 Å². The molecule has 1 heterocycles. The summed E-state index contributed by atoms with van der Waals surface area (Å²) in [6.07, 6.45) is 2.30. The van der Waals surface area contributed by atoms with E-state index in [-0.39, 0.29) is 17.8 Å². The van der Waals surface area contributed by atoms with E-state index >= 15 is 0 Å². The molecule has 0 radical (unpaired) electrons. The van der Waals surface area contributed by atoms with Crippen molar-refractivity contribution in [2.24, 2.45) is 5.41 Å². The Labute approximate surface area is 102 Å². The Morgan fingerprint density at radius 2 is 2.18 bits per heavy atom. The van der Waals surface area contributed by atoms with Crippen molar-refractivity contribution in [2.45, 2.75) is 33.3 Å². The van der Waals surface area contributed by atoms with Gasteiger partial charge in [-0.1, -0.05) is 19.9 Å². The minimum Gasteiger partial charge on any atom is -0.392 e. The van der Waals surface area contributed by atoms with E-state index in [1.165, 1.54) is 12.5 Å². The fourth-order valence-electron chi connectivity index (χ4n) is 2.53. The van der Waals surface area contributed by atoms with Crippen molar-refractivity contribution in [1.82, 2.24) is 0 Å². The lowest BCUT2D eigenvalue weighted by Gasteiger charge is -2.39. The number of anilines is 1. The van der Waals surface area contributed by atoms with Gasteiger partial charge in [-0.15, -0.1) is 0 Å². The number of hydrogen-bond acceptors (Lipinski definition) is 2. The second-order valence-electron chi connectivity index (χ2n) is 5.63. The van der Waals surface area contributed by atoms with E-state index in [9.17, 15) is 4.39 Å². The zero-order chi connectivity index (χ0) is 12.5. The molecule has 2 nitrogen and oxygen atoms in total. The number of hydrogen-bond donors (Lipinski definition) is 1. The van der Waals surface area contributed by atoms with Gasteiger partial charge in [0.25, 0.3) is 0 Å². The molecule has 0 amide bonds. The molecular formula is C14H20FNO. The fourth-order valence-corrected chi connectivity index (χ4v) is 2.53. The Morgan fingerprint density at radius 3 is 2.76 bits per heavy atom. The highest BCUT2D eigenvalue weighted by atomic mass is 19.1. The van der Waals surface area contributed by atoms with E-state index in [4.69, 9.17) is 5.11 Å². The summed E-state index contributed by atoms with van der Waals surface area (Å²) in [6.45, 7) is 6.14. The average Bonchev–Trinajstić information content (AvgIpc) is 2.27. The maximum atomic E-state index is 13.9. The monoisotopic (exact) mass is 237 g/mol. The Hall–Kier alpha value is -1.09. The maximum Gasteiger partial charge on any atom is 0.146 e. The van der Waals surface area contributed by atoms with Crippen molar-refractivity contribution >= 4 is 5.69 Å². The summed E-state index contributed by atoms with van der Waals surface area (Å²) >= 11 is 0. The van der Waals surface area contributed by atoms with Crippen LogP contribution in [0.25, 0.3) is 0 Å². The zero-order valence-corrected chi connectivity index (χ0v) is 10.5. The summed E-state index contributed by atoms with van der Waals surface area (Å²) in [6, 6.07) is 5.00. The van der Waals surface area contributed by atoms with Gasteiger partial charge in [0.1, 0.15) is 5.82 Å². The molecule has 17 heavy (non-hydrogen) atoms. The first-order valence-corrected chi connectivity index (χ1v) is 6.16. The van der Waals surface area contributed by atoms with Gasteiger partial charge < -0.3 is 10.0 Å². The molecule has 0 aliphatic carbocycles. The molecule has 0 atom stereocenters. The van der Waals surface area contributed by atoms with Gasteiger partial charge in [-0.05, 0) is 36.0 Å². The molecule has 0 spiro atoms. The molecule has 1 N–H and O–H groups in total. The summed E-state index contributed by atoms with van der Waals surface area (Å²) in [5.41, 5.74) is 1.54. The molecular weight excluding hydrogens is 217 g/mol. The first kappa shape index (κ1) is 12.4. The quantitative estimate of drug-likeness (QED) is 0.855. The number of aliphatic hydroxyl groups is 1. The molecule has 1 aromatic rings. The van der Waals surface area contributed by atoms with Gasteiger partial charge in [0.15, 0.2) is 0 Å². The van der Waals surface area contributed by atoms with Crippen LogP contribution in [0.5, 0.6) is 0 Å². The van der Waals surface area contributed by atoms with Crippen LogP contribution in [-0.4, -0.2) is 18.2 Å². The van der Waals surface area contributed by atoms with Crippen LogP contribution in [0.1, 0.15) is 32.3 Å². The topological polar surface area (TPSA) is 23.5 Å². The molecule has 3 heteroatoms. The number of nitrogens with zero attached hydrogens (tertiary/aromatic N) is 1. The minimum atomic E-state index is -0.228. The van der Waals surface area contributed by atoms with Crippen molar-refractivity contribution in [1.29, 1.82) is 0 Å². The fraction of sp³-hybridized carbons (Fsp3) is 0.571. The third-order valence-electron chi connectivity index (χ3n) is 3.44. The molecule has 0 bridgehead atoms. The highest BCUT2D eigenvalue weighted by Crippen LogP contribution is 2.32. The average molecular weight is 237 g/mol. The summed E-state index contributed by atoms with van der Waals surface area (Å²) < 4.78 is 13.9. The number of rotatable bonds is 2. The largest absolute Gasteiger partial charge is 0.392 e. The standard InChI is InChI=1S/C14H20FNO/c1-14(2)6-3-7-16(10-14)13-5-4-11(9-17)8-12(13)15/h4-5,8,17H,3,6-7,9-10H2,1-2H3. The number of aliphatic hydroxyl groups excluding tert-OH is 1. The van der Waals surface area contributed by atoms with Gasteiger partial charge in [0.2, 0.25) is 0 Å². The lowest BCUT2D eigenvalue weighted by atomic mass is 9.84. The molecule has 0 unspecified atom stereocenters. The SMILES string of the molecule is CC1(C)CCCN(c2ccc(CO)cc2F)C1. The first-order valence-electron chi connectivity index (χ1n) is 6.16. The van der Waals surface area contributed by atoms with Crippen molar-refractivity contribution in [3.05, 3.63) is 29.6 Å². The highest BCUT2D eigenvalue weighted by molar-refractivity contribution is 5.49. The molecule has 94 valence electrons. The summed E-state index contributed by atoms with van der Waals surface area (Å²) in [7, 11) is 0. The van der Waals surface area contributed by atoms with Crippen LogP contribution in [0.4, 0.5) is 10.1 Å². The van der Waals surface area contributed by atoms with Crippen LogP contribution in [0.3, 0.4) is 0 Å². The normalized spacial score (nSPS) is 19.4. The van der Waals surface area contributed by atoms with Crippen molar-refractivity contribution < 1.29 is 9.50 Å². The highest BCUT2D eigenvalue weighted by Gasteiger charge is 2.27. The second kappa shape index (κ2) is 4.65. The van der Waals surface area contributed by atoms with Crippen LogP contribution in [0.2, 0.25) is 0 Å². The van der Waals surface area contributed by atoms with Gasteiger partial charge in [0.05, 0.1) is 12.3 Å². The van der Waals surface area contributed by atoms with Crippen LogP contribution < -0.4 is 4.90 Å². The number of benzene rings is 1. The van der Waals surface area contributed by atoms with Crippen LogP contribution in [-0.2, 0) is 6.61 Å². The van der Waals surface area contributed by atoms with E-state index < -0.39 is 0 Å². The van der Waals surface area contributed by atoms with Crippen molar-refractivity contribution in [3.8, 4) is 0 Å². The van der Waals surface area contributed by atoms with Crippen molar-refractivity contribution in [3.63, 3.8) is 0 Å². The number of halogens is 1. The molecule has 2 rings (SSSR count). The molecule has 0 saturated carbocycles. The maximum absolute atomic E-state index is 13.9. The van der Waals surface area contributed by atoms with Gasteiger partial charge in [0, 0.05) is 13.1 Å². The predicted octanol–water partition coefficient (Wildman–Crippen LogP) is 2.94. The van der Waals surface area contributed by atoms with E-state index in [1.54, 1.807) is 12.1 Å². The molecule has 1 aliphatic rings. The van der Waals surface area contributed by atoms with Gasteiger partial charge >= 0.3 is 0 Å². The first-order chi connectivity index (χ1) is 8.02. The minimum absolute atomic E-state index is 0.108. The summed E-state index contributed by atoms with van der Waals surface area (Å²) in [4.78, 5) is 2.11. The molecule has 1 aliphatic heterocycles. The van der Waals surface area contributed by atoms with Crippen molar-refractivity contribution in [2.75, 3.05) is 18.0 Å². The molecule has 1 saturated heterocycles. The smallest absolute Gasteiger partial charge is 0.146 e.